The normalized spacial score (nSPS) is 13.3. The van der Waals surface area contributed by atoms with Gasteiger partial charge in [-0.05, 0) is 29.8 Å². The van der Waals surface area contributed by atoms with E-state index in [9.17, 15) is 18.3 Å². The van der Waals surface area contributed by atoms with Crippen LogP contribution in [-0.2, 0) is 12.6 Å². The first-order valence-electron chi connectivity index (χ1n) is 8.25. The third-order valence-electron chi connectivity index (χ3n) is 4.43. The maximum atomic E-state index is 13.1. The Hall–Kier alpha value is -2.05. The number of benzene rings is 2. The van der Waals surface area contributed by atoms with E-state index in [0.717, 1.165) is 17.3 Å². The molecule has 138 valence electrons. The fourth-order valence-electron chi connectivity index (χ4n) is 2.95. The van der Waals surface area contributed by atoms with Crippen LogP contribution < -0.4 is 0 Å². The summed E-state index contributed by atoms with van der Waals surface area (Å²) in [5.74, 6) is 0.663. The van der Waals surface area contributed by atoms with Crippen molar-refractivity contribution in [2.45, 2.75) is 32.4 Å². The lowest BCUT2D eigenvalue weighted by atomic mass is 10.0. The van der Waals surface area contributed by atoms with Gasteiger partial charge in [0.25, 0.3) is 0 Å². The van der Waals surface area contributed by atoms with Crippen molar-refractivity contribution in [2.24, 2.45) is 0 Å². The molecule has 0 saturated heterocycles. The minimum atomic E-state index is -4.52. The lowest BCUT2D eigenvalue weighted by Gasteiger charge is -2.13. The van der Waals surface area contributed by atoms with E-state index in [4.69, 9.17) is 11.6 Å². The number of nitrogens with zero attached hydrogens (tertiary/aromatic N) is 2. The first-order valence-corrected chi connectivity index (χ1v) is 8.63. The molecule has 3 nitrogen and oxygen atoms in total. The second-order valence-electron chi connectivity index (χ2n) is 6.21. The molecular formula is C19H18ClF3N2O. The molecule has 0 aliphatic heterocycles. The van der Waals surface area contributed by atoms with Gasteiger partial charge in [-0.1, -0.05) is 37.6 Å². The largest absolute Gasteiger partial charge is 0.417 e. The summed E-state index contributed by atoms with van der Waals surface area (Å²) >= 11 is 5.90. The molecule has 0 fully saturated rings. The average Bonchev–Trinajstić information content (AvgIpc) is 2.97. The Morgan fingerprint density at radius 1 is 1.19 bits per heavy atom. The van der Waals surface area contributed by atoms with Gasteiger partial charge in [0.05, 0.1) is 21.6 Å². The standard InChI is InChI=1S/C19H18ClF3N2O/c1-3-18-24-16-8-14(19(21,22)23)15(20)9-17(16)25(18)13-6-4-12(5-7-13)11(2)10-26/h4-9,11,26H,3,10H2,1-2H3. The third kappa shape index (κ3) is 3.31. The maximum Gasteiger partial charge on any atom is 0.417 e. The van der Waals surface area contributed by atoms with Crippen LogP contribution in [0.3, 0.4) is 0 Å². The third-order valence-corrected chi connectivity index (χ3v) is 4.74. The van der Waals surface area contributed by atoms with Gasteiger partial charge in [-0.2, -0.15) is 13.2 Å². The number of alkyl halides is 3. The van der Waals surface area contributed by atoms with Crippen LogP contribution in [0.2, 0.25) is 5.02 Å². The zero-order valence-electron chi connectivity index (χ0n) is 14.3. The van der Waals surface area contributed by atoms with Crippen molar-refractivity contribution in [3.05, 3.63) is 58.4 Å². The van der Waals surface area contributed by atoms with Gasteiger partial charge in [-0.25, -0.2) is 4.98 Å². The number of aromatic nitrogens is 2. The van der Waals surface area contributed by atoms with Crippen molar-refractivity contribution >= 4 is 22.6 Å². The molecule has 0 amide bonds. The molecule has 0 radical (unpaired) electrons. The van der Waals surface area contributed by atoms with Gasteiger partial charge in [-0.15, -0.1) is 0 Å². The van der Waals surface area contributed by atoms with E-state index in [1.807, 2.05) is 42.7 Å². The van der Waals surface area contributed by atoms with Crippen LogP contribution in [-0.4, -0.2) is 21.3 Å². The predicted molar refractivity (Wildman–Crippen MR) is 96.0 cm³/mol. The maximum absolute atomic E-state index is 13.1. The van der Waals surface area contributed by atoms with Crippen molar-refractivity contribution in [3.8, 4) is 5.69 Å². The smallest absolute Gasteiger partial charge is 0.396 e. The van der Waals surface area contributed by atoms with Gasteiger partial charge < -0.3 is 5.11 Å². The van der Waals surface area contributed by atoms with E-state index < -0.39 is 11.7 Å². The van der Waals surface area contributed by atoms with Crippen LogP contribution in [0.5, 0.6) is 0 Å². The number of aryl methyl sites for hydroxylation is 1. The SMILES string of the molecule is CCc1nc2cc(C(F)(F)F)c(Cl)cc2n1-c1ccc(C(C)CO)cc1. The van der Waals surface area contributed by atoms with Crippen molar-refractivity contribution in [1.82, 2.24) is 9.55 Å². The lowest BCUT2D eigenvalue weighted by molar-refractivity contribution is -0.137. The summed E-state index contributed by atoms with van der Waals surface area (Å²) in [7, 11) is 0. The van der Waals surface area contributed by atoms with E-state index in [1.54, 1.807) is 0 Å². The molecule has 1 atom stereocenters. The van der Waals surface area contributed by atoms with Crippen molar-refractivity contribution in [3.63, 3.8) is 0 Å². The number of imidazole rings is 1. The molecule has 3 rings (SSSR count). The number of halogens is 4. The molecule has 1 aromatic heterocycles. The monoisotopic (exact) mass is 382 g/mol. The Labute approximate surface area is 154 Å². The second kappa shape index (κ2) is 6.93. The highest BCUT2D eigenvalue weighted by Crippen LogP contribution is 2.37. The first-order chi connectivity index (χ1) is 12.3. The molecular weight excluding hydrogens is 365 g/mol. The predicted octanol–water partition coefficient (Wildman–Crippen LogP) is 5.36. The molecule has 1 N–H and O–H groups in total. The van der Waals surface area contributed by atoms with Gasteiger partial charge in [0, 0.05) is 24.6 Å². The topological polar surface area (TPSA) is 38.0 Å². The second-order valence-corrected chi connectivity index (χ2v) is 6.62. The number of aliphatic hydroxyl groups excluding tert-OH is 1. The minimum Gasteiger partial charge on any atom is -0.396 e. The quantitative estimate of drug-likeness (QED) is 0.660. The zero-order chi connectivity index (χ0) is 19.1. The van der Waals surface area contributed by atoms with Gasteiger partial charge in [0.1, 0.15) is 5.82 Å². The summed E-state index contributed by atoms with van der Waals surface area (Å²) in [6.07, 6.45) is -3.97. The van der Waals surface area contributed by atoms with Crippen LogP contribution >= 0.6 is 11.6 Å². The van der Waals surface area contributed by atoms with E-state index in [-0.39, 0.29) is 23.1 Å². The molecule has 7 heteroatoms. The van der Waals surface area contributed by atoms with Crippen LogP contribution in [0, 0.1) is 0 Å². The summed E-state index contributed by atoms with van der Waals surface area (Å²) in [4.78, 5) is 4.36. The van der Waals surface area contributed by atoms with E-state index in [0.29, 0.717) is 17.8 Å². The van der Waals surface area contributed by atoms with E-state index in [2.05, 4.69) is 4.98 Å². The highest BCUT2D eigenvalue weighted by Gasteiger charge is 2.34. The molecule has 1 unspecified atom stereocenters. The highest BCUT2D eigenvalue weighted by atomic mass is 35.5. The Morgan fingerprint density at radius 2 is 1.85 bits per heavy atom. The number of hydrogen-bond donors (Lipinski definition) is 1. The fourth-order valence-corrected chi connectivity index (χ4v) is 3.21. The van der Waals surface area contributed by atoms with Gasteiger partial charge >= 0.3 is 6.18 Å². The molecule has 1 heterocycles. The van der Waals surface area contributed by atoms with E-state index in [1.165, 1.54) is 6.07 Å². The number of hydrogen-bond acceptors (Lipinski definition) is 2. The van der Waals surface area contributed by atoms with E-state index >= 15 is 0 Å². The van der Waals surface area contributed by atoms with Gasteiger partial charge in [0.15, 0.2) is 0 Å². The first kappa shape index (κ1) is 18.7. The molecule has 3 aromatic rings. The van der Waals surface area contributed by atoms with Crippen molar-refractivity contribution in [1.29, 1.82) is 0 Å². The molecule has 0 aliphatic rings. The summed E-state index contributed by atoms with van der Waals surface area (Å²) < 4.78 is 41.1. The molecule has 0 bridgehead atoms. The summed E-state index contributed by atoms with van der Waals surface area (Å²) in [6.45, 7) is 3.85. The van der Waals surface area contributed by atoms with Crippen LogP contribution in [0.4, 0.5) is 13.2 Å². The van der Waals surface area contributed by atoms with Crippen LogP contribution in [0.25, 0.3) is 16.7 Å². The van der Waals surface area contributed by atoms with Gasteiger partial charge in [0.2, 0.25) is 0 Å². The Morgan fingerprint density at radius 3 is 2.38 bits per heavy atom. The summed E-state index contributed by atoms with van der Waals surface area (Å²) in [6, 6.07) is 9.84. The zero-order valence-corrected chi connectivity index (χ0v) is 15.1. The Balaban J connectivity index is 2.17. The lowest BCUT2D eigenvalue weighted by Crippen LogP contribution is -2.06. The number of aliphatic hydroxyl groups is 1. The van der Waals surface area contributed by atoms with Crippen molar-refractivity contribution < 1.29 is 18.3 Å². The Kier molecular flexibility index (Phi) is 4.99. The molecule has 0 spiro atoms. The minimum absolute atomic E-state index is 0.0121. The molecule has 2 aromatic carbocycles. The van der Waals surface area contributed by atoms with Crippen molar-refractivity contribution in [2.75, 3.05) is 6.61 Å². The summed E-state index contributed by atoms with van der Waals surface area (Å²) in [5, 5.41) is 8.92. The molecule has 26 heavy (non-hydrogen) atoms. The summed E-state index contributed by atoms with van der Waals surface area (Å²) in [5.41, 5.74) is 1.67. The van der Waals surface area contributed by atoms with Gasteiger partial charge in [-0.3, -0.25) is 4.57 Å². The number of rotatable bonds is 4. The average molecular weight is 383 g/mol. The number of fused-ring (bicyclic) bond motifs is 1. The Bertz CT molecular complexity index is 933. The highest BCUT2D eigenvalue weighted by molar-refractivity contribution is 6.32. The molecule has 0 saturated carbocycles. The molecule has 0 aliphatic carbocycles. The fraction of sp³-hybridized carbons (Fsp3) is 0.316. The van der Waals surface area contributed by atoms with Crippen LogP contribution in [0.15, 0.2) is 36.4 Å². The van der Waals surface area contributed by atoms with Crippen LogP contribution in [0.1, 0.15) is 36.7 Å².